The fourth-order valence-corrected chi connectivity index (χ4v) is 3.15. The molecule has 7 nitrogen and oxygen atoms in total. The van der Waals surface area contributed by atoms with E-state index in [-0.39, 0.29) is 10.6 Å². The number of nitrogens with one attached hydrogen (secondary N) is 1. The zero-order chi connectivity index (χ0) is 15.0. The van der Waals surface area contributed by atoms with Crippen LogP contribution in [-0.2, 0) is 7.05 Å². The van der Waals surface area contributed by atoms with Gasteiger partial charge in [-0.2, -0.15) is 5.10 Å². The molecular formula is C14H23N5O2. The van der Waals surface area contributed by atoms with Crippen LogP contribution in [0.15, 0.2) is 0 Å². The molecule has 3 rings (SSSR count). The molecule has 2 heterocycles. The minimum absolute atomic E-state index is 0.155. The third-order valence-corrected chi connectivity index (χ3v) is 4.53. The Balaban J connectivity index is 1.64. The molecule has 1 saturated heterocycles. The van der Waals surface area contributed by atoms with Crippen LogP contribution in [0.25, 0.3) is 0 Å². The van der Waals surface area contributed by atoms with Gasteiger partial charge in [-0.05, 0) is 45.1 Å². The van der Waals surface area contributed by atoms with E-state index < -0.39 is 0 Å². The number of piperidine rings is 1. The second kappa shape index (κ2) is 5.63. The number of aryl methyl sites for hydroxylation is 2. The van der Waals surface area contributed by atoms with Gasteiger partial charge in [0.25, 0.3) is 0 Å². The van der Waals surface area contributed by atoms with Crippen LogP contribution in [0.2, 0.25) is 0 Å². The lowest BCUT2D eigenvalue weighted by Crippen LogP contribution is -2.43. The third kappa shape index (κ3) is 3.02. The van der Waals surface area contributed by atoms with Crippen molar-refractivity contribution in [3.63, 3.8) is 0 Å². The Bertz CT molecular complexity index is 530. The average molecular weight is 293 g/mol. The van der Waals surface area contributed by atoms with E-state index in [0.29, 0.717) is 17.6 Å². The van der Waals surface area contributed by atoms with Crippen LogP contribution in [-0.4, -0.2) is 40.4 Å². The van der Waals surface area contributed by atoms with Gasteiger partial charge in [-0.15, -0.1) is 0 Å². The molecule has 116 valence electrons. The Hall–Kier alpha value is -1.63. The van der Waals surface area contributed by atoms with Crippen LogP contribution in [0.1, 0.15) is 31.4 Å². The Morgan fingerprint density at radius 2 is 2.00 bits per heavy atom. The largest absolute Gasteiger partial charge is 0.351 e. The van der Waals surface area contributed by atoms with Gasteiger partial charge in [0.2, 0.25) is 5.82 Å². The van der Waals surface area contributed by atoms with Gasteiger partial charge in [0.15, 0.2) is 0 Å². The van der Waals surface area contributed by atoms with Crippen LogP contribution in [0, 0.1) is 23.0 Å². The lowest BCUT2D eigenvalue weighted by atomic mass is 10.0. The molecule has 0 atom stereocenters. The summed E-state index contributed by atoms with van der Waals surface area (Å²) in [5.74, 6) is 1.54. The number of hydrogen-bond acceptors (Lipinski definition) is 5. The molecule has 2 aliphatic rings. The molecule has 1 saturated carbocycles. The quantitative estimate of drug-likeness (QED) is 0.659. The molecule has 0 spiro atoms. The maximum absolute atomic E-state index is 11.3. The number of nitrogens with zero attached hydrogens (tertiary/aromatic N) is 4. The lowest BCUT2D eigenvalue weighted by Gasteiger charge is -2.33. The van der Waals surface area contributed by atoms with Crippen LogP contribution in [0.4, 0.5) is 11.5 Å². The van der Waals surface area contributed by atoms with Crippen LogP contribution in [0.5, 0.6) is 0 Å². The summed E-state index contributed by atoms with van der Waals surface area (Å²) < 4.78 is 1.64. The summed E-state index contributed by atoms with van der Waals surface area (Å²) in [7, 11) is 1.78. The molecule has 2 fully saturated rings. The van der Waals surface area contributed by atoms with Crippen LogP contribution < -0.4 is 10.2 Å². The first-order chi connectivity index (χ1) is 10.1. The van der Waals surface area contributed by atoms with E-state index in [0.717, 1.165) is 38.4 Å². The van der Waals surface area contributed by atoms with Gasteiger partial charge in [-0.1, -0.05) is 0 Å². The van der Waals surface area contributed by atoms with Gasteiger partial charge in [-0.3, -0.25) is 10.1 Å². The molecule has 7 heteroatoms. The highest BCUT2D eigenvalue weighted by molar-refractivity contribution is 5.61. The molecule has 21 heavy (non-hydrogen) atoms. The third-order valence-electron chi connectivity index (χ3n) is 4.53. The molecule has 0 bridgehead atoms. The van der Waals surface area contributed by atoms with E-state index >= 15 is 0 Å². The SMILES string of the molecule is Cc1nn(C)c(N2CCC(NCC3CC3)CC2)c1[N+](=O)[O-]. The molecule has 0 amide bonds. The van der Waals surface area contributed by atoms with E-state index in [1.165, 1.54) is 12.8 Å². The van der Waals surface area contributed by atoms with E-state index in [4.69, 9.17) is 0 Å². The van der Waals surface area contributed by atoms with Crippen molar-refractivity contribution in [3.8, 4) is 0 Å². The van der Waals surface area contributed by atoms with Crippen LogP contribution in [0.3, 0.4) is 0 Å². The molecule has 1 N–H and O–H groups in total. The zero-order valence-corrected chi connectivity index (χ0v) is 12.7. The summed E-state index contributed by atoms with van der Waals surface area (Å²) in [6.45, 7) is 4.53. The van der Waals surface area contributed by atoms with Crippen molar-refractivity contribution >= 4 is 11.5 Å². The first-order valence-corrected chi connectivity index (χ1v) is 7.72. The standard InChI is InChI=1S/C14H23N5O2/c1-10-13(19(20)21)14(17(2)16-10)18-7-5-12(6-8-18)15-9-11-3-4-11/h11-12,15H,3-9H2,1-2H3. The molecular weight excluding hydrogens is 270 g/mol. The van der Waals surface area contributed by atoms with Crippen molar-refractivity contribution in [1.29, 1.82) is 0 Å². The summed E-state index contributed by atoms with van der Waals surface area (Å²) in [6.07, 6.45) is 4.81. The van der Waals surface area contributed by atoms with Gasteiger partial charge in [0.05, 0.1) is 4.92 Å². The summed E-state index contributed by atoms with van der Waals surface area (Å²) in [5.41, 5.74) is 0.647. The normalized spacial score (nSPS) is 20.0. The van der Waals surface area contributed by atoms with Gasteiger partial charge in [0, 0.05) is 26.2 Å². The number of aromatic nitrogens is 2. The molecule has 1 aliphatic carbocycles. The van der Waals surface area contributed by atoms with Gasteiger partial charge in [0.1, 0.15) is 5.69 Å². The smallest absolute Gasteiger partial charge is 0.333 e. The highest BCUT2D eigenvalue weighted by Crippen LogP contribution is 2.33. The van der Waals surface area contributed by atoms with Crippen molar-refractivity contribution in [2.24, 2.45) is 13.0 Å². The van der Waals surface area contributed by atoms with Crippen molar-refractivity contribution in [1.82, 2.24) is 15.1 Å². The van der Waals surface area contributed by atoms with E-state index in [2.05, 4.69) is 15.3 Å². The summed E-state index contributed by atoms with van der Waals surface area (Å²) in [4.78, 5) is 13.1. The zero-order valence-electron chi connectivity index (χ0n) is 12.7. The summed E-state index contributed by atoms with van der Waals surface area (Å²) in [6, 6.07) is 0.551. The molecule has 1 aromatic rings. The van der Waals surface area contributed by atoms with Crippen molar-refractivity contribution in [2.45, 2.75) is 38.6 Å². The number of nitro groups is 1. The van der Waals surface area contributed by atoms with E-state index in [1.54, 1.807) is 18.7 Å². The van der Waals surface area contributed by atoms with Crippen molar-refractivity contribution in [3.05, 3.63) is 15.8 Å². The first-order valence-electron chi connectivity index (χ1n) is 7.72. The minimum atomic E-state index is -0.310. The highest BCUT2D eigenvalue weighted by atomic mass is 16.6. The predicted octanol–water partition coefficient (Wildman–Crippen LogP) is 1.61. The van der Waals surface area contributed by atoms with E-state index in [1.807, 2.05) is 0 Å². The van der Waals surface area contributed by atoms with Crippen LogP contribution >= 0.6 is 0 Å². The summed E-state index contributed by atoms with van der Waals surface area (Å²) in [5, 5.41) is 19.1. The minimum Gasteiger partial charge on any atom is -0.351 e. The maximum atomic E-state index is 11.3. The fraction of sp³-hybridized carbons (Fsp3) is 0.786. The second-order valence-corrected chi connectivity index (χ2v) is 6.25. The van der Waals surface area contributed by atoms with Gasteiger partial charge < -0.3 is 10.2 Å². The average Bonchev–Trinajstić information content (AvgIpc) is 3.21. The Labute approximate surface area is 124 Å². The van der Waals surface area contributed by atoms with Gasteiger partial charge in [-0.25, -0.2) is 4.68 Å². The first kappa shape index (κ1) is 14.3. The topological polar surface area (TPSA) is 76.2 Å². The molecule has 0 aromatic carbocycles. The number of anilines is 1. The molecule has 0 unspecified atom stereocenters. The number of hydrogen-bond donors (Lipinski definition) is 1. The molecule has 1 aliphatic heterocycles. The molecule has 0 radical (unpaired) electrons. The highest BCUT2D eigenvalue weighted by Gasteiger charge is 2.31. The van der Waals surface area contributed by atoms with Gasteiger partial charge >= 0.3 is 5.69 Å². The van der Waals surface area contributed by atoms with E-state index in [9.17, 15) is 10.1 Å². The fourth-order valence-electron chi connectivity index (χ4n) is 3.15. The monoisotopic (exact) mass is 293 g/mol. The summed E-state index contributed by atoms with van der Waals surface area (Å²) >= 11 is 0. The van der Waals surface area contributed by atoms with Crippen molar-refractivity contribution < 1.29 is 4.92 Å². The number of rotatable bonds is 5. The second-order valence-electron chi connectivity index (χ2n) is 6.25. The molecule has 1 aromatic heterocycles. The van der Waals surface area contributed by atoms with Crippen molar-refractivity contribution in [2.75, 3.05) is 24.5 Å². The Morgan fingerprint density at radius 1 is 1.33 bits per heavy atom. The predicted molar refractivity (Wildman–Crippen MR) is 80.6 cm³/mol. The lowest BCUT2D eigenvalue weighted by molar-refractivity contribution is -0.384. The maximum Gasteiger partial charge on any atom is 0.333 e. The Morgan fingerprint density at radius 3 is 2.57 bits per heavy atom. The Kier molecular flexibility index (Phi) is 3.84.